The summed E-state index contributed by atoms with van der Waals surface area (Å²) in [6.45, 7) is 3.33. The molecule has 0 bridgehead atoms. The number of piperidine rings is 1. The maximum atomic E-state index is 12.8. The summed E-state index contributed by atoms with van der Waals surface area (Å²) in [7, 11) is 1.95. The second-order valence-electron chi connectivity index (χ2n) is 9.16. The number of nitrogens with zero attached hydrogens (tertiary/aromatic N) is 6. The van der Waals surface area contributed by atoms with Crippen molar-refractivity contribution in [2.45, 2.75) is 63.6 Å². The molecule has 2 aromatic rings. The van der Waals surface area contributed by atoms with Gasteiger partial charge in [-0.2, -0.15) is 5.26 Å². The van der Waals surface area contributed by atoms with Crippen LogP contribution >= 0.6 is 12.4 Å². The van der Waals surface area contributed by atoms with Gasteiger partial charge >= 0.3 is 6.09 Å². The molecule has 1 amide bonds. The Kier molecular flexibility index (Phi) is 8.33. The van der Waals surface area contributed by atoms with Crippen LogP contribution in [0.1, 0.15) is 45.4 Å². The Bertz CT molecular complexity index is 1060. The minimum atomic E-state index is -0.447. The summed E-state index contributed by atoms with van der Waals surface area (Å²) in [4.78, 5) is 37.8. The molecule has 1 saturated carbocycles. The van der Waals surface area contributed by atoms with E-state index in [-0.39, 0.29) is 42.9 Å². The van der Waals surface area contributed by atoms with Gasteiger partial charge in [-0.1, -0.05) is 6.92 Å². The summed E-state index contributed by atoms with van der Waals surface area (Å²) in [5, 5.41) is 9.63. The van der Waals surface area contributed by atoms with Crippen molar-refractivity contribution in [1.82, 2.24) is 19.4 Å². The maximum Gasteiger partial charge on any atom is 0.419 e. The fraction of sp³-hybridized carbons (Fsp3) is 0.609. The number of hydrogen-bond donors (Lipinski definition) is 1. The highest BCUT2D eigenvalue weighted by Gasteiger charge is 2.33. The zero-order valence-corrected chi connectivity index (χ0v) is 20.4. The Labute approximate surface area is 205 Å². The Morgan fingerprint density at radius 1 is 1.26 bits per heavy atom. The Balaban J connectivity index is 0.00000324. The van der Waals surface area contributed by atoms with Gasteiger partial charge in [-0.05, 0) is 44.1 Å². The van der Waals surface area contributed by atoms with Crippen LogP contribution in [0, 0.1) is 17.2 Å². The van der Waals surface area contributed by atoms with Gasteiger partial charge in [-0.15, -0.1) is 12.4 Å². The summed E-state index contributed by atoms with van der Waals surface area (Å²) >= 11 is 0. The molecule has 2 aliphatic rings. The highest BCUT2D eigenvalue weighted by molar-refractivity contribution is 5.93. The number of ether oxygens (including phenoxy) is 1. The van der Waals surface area contributed by atoms with E-state index in [1.54, 1.807) is 11.1 Å². The van der Waals surface area contributed by atoms with Crippen molar-refractivity contribution in [2.75, 3.05) is 25.0 Å². The lowest BCUT2D eigenvalue weighted by Crippen LogP contribution is -2.52. The van der Waals surface area contributed by atoms with Crippen molar-refractivity contribution in [3.8, 4) is 6.07 Å². The van der Waals surface area contributed by atoms with Gasteiger partial charge in [0.25, 0.3) is 0 Å². The lowest BCUT2D eigenvalue weighted by Gasteiger charge is -2.42. The van der Waals surface area contributed by atoms with Gasteiger partial charge in [0.2, 0.25) is 5.91 Å². The second-order valence-corrected chi connectivity index (χ2v) is 9.16. The molecule has 3 heterocycles. The lowest BCUT2D eigenvalue weighted by molar-refractivity contribution is -0.131. The zero-order valence-electron chi connectivity index (χ0n) is 19.6. The number of nitrogens with two attached hydrogens (primary N) is 1. The molecule has 2 aromatic heterocycles. The fourth-order valence-electron chi connectivity index (χ4n) is 4.89. The third kappa shape index (κ3) is 5.26. The van der Waals surface area contributed by atoms with Crippen LogP contribution in [0.25, 0.3) is 11.0 Å². The standard InChI is InChI=1S/C23H31N7O3.ClH/c1-15-8-11-29(20(31)7-10-24)13-19(15)28(2)21-18-9-12-30(22(18)27-14-26-21)23(32)33-17-5-3-16(25)4-6-17;/h9,12,14-17,19H,3-8,11,13,25H2,1-2H3;1H/t15-,16?,17?,19+;/m1./s1. The Morgan fingerprint density at radius 2 is 2.00 bits per heavy atom. The van der Waals surface area contributed by atoms with Gasteiger partial charge in [-0.3, -0.25) is 4.79 Å². The second kappa shape index (κ2) is 11.0. The molecule has 10 nitrogen and oxygen atoms in total. The summed E-state index contributed by atoms with van der Waals surface area (Å²) in [5.74, 6) is 0.880. The highest BCUT2D eigenvalue weighted by atomic mass is 35.5. The third-order valence-corrected chi connectivity index (χ3v) is 6.98. The van der Waals surface area contributed by atoms with E-state index in [9.17, 15) is 9.59 Å². The van der Waals surface area contributed by atoms with Crippen LogP contribution in [0.5, 0.6) is 0 Å². The van der Waals surface area contributed by atoms with Gasteiger partial charge in [-0.25, -0.2) is 19.3 Å². The third-order valence-electron chi connectivity index (χ3n) is 6.98. The molecule has 1 aliphatic heterocycles. The molecule has 4 rings (SSSR count). The number of aromatic nitrogens is 3. The summed E-state index contributed by atoms with van der Waals surface area (Å²) < 4.78 is 7.14. The first-order valence-corrected chi connectivity index (χ1v) is 11.5. The van der Waals surface area contributed by atoms with E-state index in [1.165, 1.54) is 10.9 Å². The normalized spacial score (nSPS) is 24.7. The SMILES string of the molecule is C[C@@H]1CCN(C(=O)CC#N)C[C@@H]1N(C)c1ncnc2c1ccn2C(=O)OC1CCC(N)CC1.Cl. The van der Waals surface area contributed by atoms with E-state index in [2.05, 4.69) is 21.8 Å². The molecule has 2 atom stereocenters. The van der Waals surface area contributed by atoms with Crippen LogP contribution in [-0.2, 0) is 9.53 Å². The number of anilines is 1. The van der Waals surface area contributed by atoms with Gasteiger partial charge in [0, 0.05) is 32.4 Å². The number of likely N-dealkylation sites (tertiary alicyclic amines) is 1. The number of carbonyl (C=O) groups is 2. The number of nitriles is 1. The predicted molar refractivity (Wildman–Crippen MR) is 130 cm³/mol. The van der Waals surface area contributed by atoms with E-state index >= 15 is 0 Å². The van der Waals surface area contributed by atoms with Crippen LogP contribution < -0.4 is 10.6 Å². The van der Waals surface area contributed by atoms with Crippen molar-refractivity contribution in [1.29, 1.82) is 5.26 Å². The number of amides is 1. The zero-order chi connectivity index (χ0) is 23.5. The molecule has 1 aliphatic carbocycles. The molecule has 34 heavy (non-hydrogen) atoms. The molecule has 2 N–H and O–H groups in total. The maximum absolute atomic E-state index is 12.8. The molecule has 0 unspecified atom stereocenters. The van der Waals surface area contributed by atoms with Crippen molar-refractivity contribution < 1.29 is 14.3 Å². The number of carbonyl (C=O) groups excluding carboxylic acids is 2. The minimum Gasteiger partial charge on any atom is -0.446 e. The van der Waals surface area contributed by atoms with E-state index < -0.39 is 6.09 Å². The van der Waals surface area contributed by atoms with Gasteiger partial charge in [0.1, 0.15) is 24.7 Å². The highest BCUT2D eigenvalue weighted by Crippen LogP contribution is 2.30. The van der Waals surface area contributed by atoms with Gasteiger partial charge in [0.15, 0.2) is 5.65 Å². The van der Waals surface area contributed by atoms with E-state index in [0.29, 0.717) is 30.5 Å². The van der Waals surface area contributed by atoms with E-state index in [4.69, 9.17) is 15.7 Å². The first-order chi connectivity index (χ1) is 15.9. The topological polar surface area (TPSA) is 130 Å². The van der Waals surface area contributed by atoms with Crippen molar-refractivity contribution in [3.05, 3.63) is 18.6 Å². The minimum absolute atomic E-state index is 0. The molecule has 0 aromatic carbocycles. The average Bonchev–Trinajstić information content (AvgIpc) is 3.25. The van der Waals surface area contributed by atoms with Crippen LogP contribution in [0.3, 0.4) is 0 Å². The van der Waals surface area contributed by atoms with Crippen LogP contribution in [-0.4, -0.2) is 69.8 Å². The number of rotatable bonds is 4. The molecule has 0 radical (unpaired) electrons. The molecule has 11 heteroatoms. The summed E-state index contributed by atoms with van der Waals surface area (Å²) in [6.07, 6.45) is 6.54. The van der Waals surface area contributed by atoms with Crippen molar-refractivity contribution in [2.24, 2.45) is 11.7 Å². The van der Waals surface area contributed by atoms with Crippen molar-refractivity contribution >= 4 is 41.3 Å². The number of likely N-dealkylation sites (N-methyl/N-ethyl adjacent to an activating group) is 1. The first kappa shape index (κ1) is 25.7. The monoisotopic (exact) mass is 489 g/mol. The number of halogens is 1. The lowest BCUT2D eigenvalue weighted by atomic mass is 9.92. The smallest absolute Gasteiger partial charge is 0.419 e. The molecular weight excluding hydrogens is 458 g/mol. The number of hydrogen-bond acceptors (Lipinski definition) is 8. The largest absolute Gasteiger partial charge is 0.446 e. The van der Waals surface area contributed by atoms with Gasteiger partial charge < -0.3 is 20.3 Å². The predicted octanol–water partition coefficient (Wildman–Crippen LogP) is 2.69. The fourth-order valence-corrected chi connectivity index (χ4v) is 4.89. The quantitative estimate of drug-likeness (QED) is 0.693. The van der Waals surface area contributed by atoms with E-state index in [1.807, 2.05) is 19.2 Å². The van der Waals surface area contributed by atoms with Crippen LogP contribution in [0.4, 0.5) is 10.6 Å². The Hall–Kier alpha value is -2.90. The average molecular weight is 490 g/mol. The molecule has 184 valence electrons. The molecule has 0 spiro atoms. The van der Waals surface area contributed by atoms with Gasteiger partial charge in [0.05, 0.1) is 17.5 Å². The van der Waals surface area contributed by atoms with Crippen LogP contribution in [0.15, 0.2) is 18.6 Å². The molecule has 1 saturated heterocycles. The molecule has 2 fully saturated rings. The molecular formula is C23H32ClN7O3. The van der Waals surface area contributed by atoms with Crippen molar-refractivity contribution in [3.63, 3.8) is 0 Å². The first-order valence-electron chi connectivity index (χ1n) is 11.5. The summed E-state index contributed by atoms with van der Waals surface area (Å²) in [5.41, 5.74) is 6.44. The van der Waals surface area contributed by atoms with E-state index in [0.717, 1.165) is 37.5 Å². The van der Waals surface area contributed by atoms with Crippen LogP contribution in [0.2, 0.25) is 0 Å². The number of fused-ring (bicyclic) bond motifs is 1. The Morgan fingerprint density at radius 3 is 2.71 bits per heavy atom. The summed E-state index contributed by atoms with van der Waals surface area (Å²) in [6, 6.07) is 3.98.